The normalized spacial score (nSPS) is 10.1. The summed E-state index contributed by atoms with van der Waals surface area (Å²) in [7, 11) is 0. The number of nitrogens with zero attached hydrogens (tertiary/aromatic N) is 3. The molecule has 1 heterocycles. The van der Waals surface area contributed by atoms with Crippen LogP contribution in [0.5, 0.6) is 0 Å². The zero-order chi connectivity index (χ0) is 11.5. The van der Waals surface area contributed by atoms with Crippen molar-refractivity contribution >= 4 is 34.9 Å². The van der Waals surface area contributed by atoms with Crippen molar-refractivity contribution in [2.24, 2.45) is 0 Å². The Hall–Kier alpha value is -1.09. The van der Waals surface area contributed by atoms with Gasteiger partial charge in [-0.2, -0.15) is 9.64 Å². The van der Waals surface area contributed by atoms with E-state index in [1.807, 2.05) is 13.0 Å². The van der Waals surface area contributed by atoms with Crippen molar-refractivity contribution in [1.82, 2.24) is 9.36 Å². The lowest BCUT2D eigenvalue weighted by Crippen LogP contribution is -1.81. The second-order valence-corrected chi connectivity index (χ2v) is 5.44. The van der Waals surface area contributed by atoms with Crippen LogP contribution >= 0.6 is 34.9 Å². The van der Waals surface area contributed by atoms with E-state index in [9.17, 15) is 0 Å². The Morgan fingerprint density at radius 1 is 1.50 bits per heavy atom. The van der Waals surface area contributed by atoms with Crippen molar-refractivity contribution in [2.75, 3.05) is 0 Å². The Bertz CT molecular complexity index is 559. The van der Waals surface area contributed by atoms with E-state index in [0.29, 0.717) is 10.6 Å². The molecule has 0 aliphatic carbocycles. The molecule has 0 bridgehead atoms. The first-order chi connectivity index (χ1) is 7.69. The molecule has 0 radical (unpaired) electrons. The van der Waals surface area contributed by atoms with Crippen molar-refractivity contribution in [3.63, 3.8) is 0 Å². The number of hydrogen-bond acceptors (Lipinski definition) is 5. The highest BCUT2D eigenvalue weighted by Crippen LogP contribution is 2.32. The topological polar surface area (TPSA) is 49.6 Å². The van der Waals surface area contributed by atoms with Crippen LogP contribution in [0.1, 0.15) is 11.4 Å². The highest BCUT2D eigenvalue weighted by molar-refractivity contribution is 8.01. The molecule has 16 heavy (non-hydrogen) atoms. The van der Waals surface area contributed by atoms with Crippen LogP contribution in [0, 0.1) is 18.3 Å². The predicted molar refractivity (Wildman–Crippen MR) is 64.9 cm³/mol. The molecule has 0 saturated heterocycles. The number of aromatic nitrogens is 2. The van der Waals surface area contributed by atoms with Gasteiger partial charge in [-0.25, -0.2) is 4.98 Å². The SMILES string of the molecule is Cc1nsc(Sc2ccc(Cl)cc2C#N)n1. The summed E-state index contributed by atoms with van der Waals surface area (Å²) < 4.78 is 4.92. The Morgan fingerprint density at radius 3 is 2.94 bits per heavy atom. The number of halogens is 1. The van der Waals surface area contributed by atoms with E-state index in [1.54, 1.807) is 12.1 Å². The van der Waals surface area contributed by atoms with Gasteiger partial charge in [0.25, 0.3) is 0 Å². The minimum Gasteiger partial charge on any atom is -0.213 e. The van der Waals surface area contributed by atoms with Gasteiger partial charge in [-0.3, -0.25) is 0 Å². The maximum atomic E-state index is 8.97. The first-order valence-corrected chi connectivity index (χ1v) is 6.33. The maximum absolute atomic E-state index is 8.97. The van der Waals surface area contributed by atoms with Gasteiger partial charge in [-0.05, 0) is 36.7 Å². The number of aryl methyl sites for hydroxylation is 1. The second-order valence-electron chi connectivity index (χ2n) is 2.96. The molecule has 0 amide bonds. The number of benzene rings is 1. The second kappa shape index (κ2) is 4.83. The van der Waals surface area contributed by atoms with Crippen molar-refractivity contribution < 1.29 is 0 Å². The summed E-state index contributed by atoms with van der Waals surface area (Å²) in [6.45, 7) is 1.84. The Balaban J connectivity index is 2.31. The van der Waals surface area contributed by atoms with E-state index in [1.165, 1.54) is 23.3 Å². The van der Waals surface area contributed by atoms with Crippen LogP contribution in [0.2, 0.25) is 5.02 Å². The molecule has 0 atom stereocenters. The largest absolute Gasteiger partial charge is 0.213 e. The van der Waals surface area contributed by atoms with E-state index in [-0.39, 0.29) is 0 Å². The third kappa shape index (κ3) is 2.53. The first kappa shape index (κ1) is 11.4. The number of rotatable bonds is 2. The molecule has 0 aliphatic rings. The highest BCUT2D eigenvalue weighted by Gasteiger charge is 2.08. The van der Waals surface area contributed by atoms with E-state index >= 15 is 0 Å². The first-order valence-electron chi connectivity index (χ1n) is 4.37. The molecular formula is C10H6ClN3S2. The molecule has 80 valence electrons. The molecule has 0 fully saturated rings. The van der Waals surface area contributed by atoms with Crippen LogP contribution in [-0.2, 0) is 0 Å². The van der Waals surface area contributed by atoms with Gasteiger partial charge in [0, 0.05) is 9.92 Å². The minimum atomic E-state index is 0.561. The average Bonchev–Trinajstić information content (AvgIpc) is 2.67. The lowest BCUT2D eigenvalue weighted by Gasteiger charge is -2.00. The zero-order valence-electron chi connectivity index (χ0n) is 8.27. The average molecular weight is 268 g/mol. The fraction of sp³-hybridized carbons (Fsp3) is 0.100. The highest BCUT2D eigenvalue weighted by atomic mass is 35.5. The monoisotopic (exact) mass is 267 g/mol. The van der Waals surface area contributed by atoms with Gasteiger partial charge >= 0.3 is 0 Å². The van der Waals surface area contributed by atoms with Gasteiger partial charge < -0.3 is 0 Å². The fourth-order valence-corrected chi connectivity index (χ4v) is 2.93. The molecular weight excluding hydrogens is 262 g/mol. The van der Waals surface area contributed by atoms with Crippen LogP contribution in [0.15, 0.2) is 27.4 Å². The van der Waals surface area contributed by atoms with Crippen LogP contribution in [-0.4, -0.2) is 9.36 Å². The molecule has 0 saturated carbocycles. The van der Waals surface area contributed by atoms with Crippen LogP contribution in [0.4, 0.5) is 0 Å². The zero-order valence-corrected chi connectivity index (χ0v) is 10.7. The molecule has 0 unspecified atom stereocenters. The van der Waals surface area contributed by atoms with Gasteiger partial charge in [0.1, 0.15) is 11.9 Å². The lowest BCUT2D eigenvalue weighted by atomic mass is 10.2. The van der Waals surface area contributed by atoms with E-state index in [4.69, 9.17) is 16.9 Å². The Kier molecular flexibility index (Phi) is 3.44. The van der Waals surface area contributed by atoms with E-state index < -0.39 is 0 Å². The molecule has 2 aromatic rings. The van der Waals surface area contributed by atoms with Crippen molar-refractivity contribution in [3.05, 3.63) is 34.6 Å². The van der Waals surface area contributed by atoms with E-state index in [0.717, 1.165) is 15.1 Å². The third-order valence-electron chi connectivity index (χ3n) is 1.77. The summed E-state index contributed by atoms with van der Waals surface area (Å²) in [5, 5.41) is 9.54. The van der Waals surface area contributed by atoms with Crippen LogP contribution < -0.4 is 0 Å². The number of hydrogen-bond donors (Lipinski definition) is 0. The quantitative estimate of drug-likeness (QED) is 0.835. The van der Waals surface area contributed by atoms with Crippen LogP contribution in [0.3, 0.4) is 0 Å². The maximum Gasteiger partial charge on any atom is 0.174 e. The Labute approximate surface area is 106 Å². The van der Waals surface area contributed by atoms with Crippen molar-refractivity contribution in [2.45, 2.75) is 16.2 Å². The summed E-state index contributed by atoms with van der Waals surface area (Å²) >= 11 is 8.58. The third-order valence-corrected chi connectivity index (χ3v) is 3.92. The minimum absolute atomic E-state index is 0.561. The van der Waals surface area contributed by atoms with Gasteiger partial charge in [0.2, 0.25) is 0 Å². The summed E-state index contributed by atoms with van der Waals surface area (Å²) in [6.07, 6.45) is 0. The van der Waals surface area contributed by atoms with Crippen molar-refractivity contribution in [1.29, 1.82) is 5.26 Å². The summed E-state index contributed by atoms with van der Waals surface area (Å²) in [5.74, 6) is 0.750. The molecule has 1 aromatic heterocycles. The standard InChI is InChI=1S/C10H6ClN3S2/c1-6-13-10(16-14-6)15-9-3-2-8(11)4-7(9)5-12/h2-4H,1H3. The molecule has 1 aromatic carbocycles. The summed E-state index contributed by atoms with van der Waals surface area (Å²) in [5.41, 5.74) is 0.561. The lowest BCUT2D eigenvalue weighted by molar-refractivity contribution is 1.10. The van der Waals surface area contributed by atoms with Gasteiger partial charge in [-0.1, -0.05) is 23.4 Å². The van der Waals surface area contributed by atoms with Gasteiger partial charge in [-0.15, -0.1) is 0 Å². The smallest absolute Gasteiger partial charge is 0.174 e. The molecule has 3 nitrogen and oxygen atoms in total. The van der Waals surface area contributed by atoms with Crippen LogP contribution in [0.25, 0.3) is 0 Å². The van der Waals surface area contributed by atoms with Crippen molar-refractivity contribution in [3.8, 4) is 6.07 Å². The molecule has 0 N–H and O–H groups in total. The van der Waals surface area contributed by atoms with Gasteiger partial charge in [0.05, 0.1) is 5.56 Å². The van der Waals surface area contributed by atoms with E-state index in [2.05, 4.69) is 15.4 Å². The fourth-order valence-electron chi connectivity index (χ4n) is 1.09. The van der Waals surface area contributed by atoms with Gasteiger partial charge in [0.15, 0.2) is 4.34 Å². The summed E-state index contributed by atoms with van der Waals surface area (Å²) in [4.78, 5) is 5.08. The Morgan fingerprint density at radius 2 is 2.31 bits per heavy atom. The molecule has 0 aliphatic heterocycles. The number of nitriles is 1. The summed E-state index contributed by atoms with van der Waals surface area (Å²) in [6, 6.07) is 7.35. The molecule has 6 heteroatoms. The molecule has 2 rings (SSSR count). The predicted octanol–water partition coefficient (Wildman–Crippen LogP) is 3.52. The molecule has 0 spiro atoms.